The zero-order valence-corrected chi connectivity index (χ0v) is 13.3. The number of nitrogens with one attached hydrogen (secondary N) is 2. The maximum Gasteiger partial charge on any atom is 0.253 e. The van der Waals surface area contributed by atoms with Crippen molar-refractivity contribution in [3.05, 3.63) is 83.9 Å². The Labute approximate surface area is 145 Å². The van der Waals surface area contributed by atoms with Gasteiger partial charge in [0, 0.05) is 25.1 Å². The van der Waals surface area contributed by atoms with Crippen molar-refractivity contribution in [3.8, 4) is 6.07 Å². The van der Waals surface area contributed by atoms with Crippen LogP contribution in [0.3, 0.4) is 0 Å². The Morgan fingerprint density at radius 3 is 2.68 bits per heavy atom. The number of benzene rings is 1. The van der Waals surface area contributed by atoms with Crippen LogP contribution in [0.5, 0.6) is 0 Å². The number of pyridine rings is 2. The number of hydrogen-bond donors (Lipinski definition) is 2. The first-order chi connectivity index (χ1) is 12.3. The third-order valence-corrected chi connectivity index (χ3v) is 3.53. The van der Waals surface area contributed by atoms with Crippen LogP contribution in [-0.4, -0.2) is 15.9 Å². The molecule has 1 aromatic carbocycles. The van der Waals surface area contributed by atoms with Crippen LogP contribution in [0.4, 0.5) is 11.4 Å². The van der Waals surface area contributed by atoms with Gasteiger partial charge in [-0.3, -0.25) is 14.8 Å². The highest BCUT2D eigenvalue weighted by atomic mass is 16.1. The Morgan fingerprint density at radius 1 is 1.08 bits per heavy atom. The predicted octanol–water partition coefficient (Wildman–Crippen LogP) is 3.02. The Kier molecular flexibility index (Phi) is 4.98. The topological polar surface area (TPSA) is 90.7 Å². The number of aromatic nitrogens is 2. The molecule has 122 valence electrons. The van der Waals surface area contributed by atoms with E-state index in [0.717, 1.165) is 5.56 Å². The second-order valence-electron chi connectivity index (χ2n) is 5.28. The van der Waals surface area contributed by atoms with E-state index in [0.29, 0.717) is 29.0 Å². The first-order valence-corrected chi connectivity index (χ1v) is 7.64. The minimum Gasteiger partial charge on any atom is -0.353 e. The van der Waals surface area contributed by atoms with Crippen LogP contribution in [0.2, 0.25) is 0 Å². The van der Waals surface area contributed by atoms with Crippen molar-refractivity contribution in [1.29, 1.82) is 5.26 Å². The van der Waals surface area contributed by atoms with Crippen molar-refractivity contribution in [1.82, 2.24) is 15.3 Å². The molecule has 3 rings (SSSR count). The summed E-state index contributed by atoms with van der Waals surface area (Å²) in [4.78, 5) is 20.3. The Bertz CT molecular complexity index is 918. The molecule has 0 aliphatic carbocycles. The summed E-state index contributed by atoms with van der Waals surface area (Å²) in [5.74, 6) is -0.221. The minimum absolute atomic E-state index is 0.221. The molecule has 25 heavy (non-hydrogen) atoms. The molecule has 0 unspecified atom stereocenters. The van der Waals surface area contributed by atoms with Crippen molar-refractivity contribution in [2.75, 3.05) is 5.32 Å². The van der Waals surface area contributed by atoms with Gasteiger partial charge in [0.15, 0.2) is 0 Å². The highest BCUT2D eigenvalue weighted by Gasteiger charge is 2.08. The van der Waals surface area contributed by atoms with Crippen molar-refractivity contribution in [3.63, 3.8) is 0 Å². The number of para-hydroxylation sites is 1. The molecule has 0 saturated carbocycles. The number of carbonyl (C=O) groups is 1. The SMILES string of the molecule is N#Cc1ccccc1Nc1cncc(C(=O)NCc2ccncc2)c1. The predicted molar refractivity (Wildman–Crippen MR) is 94.1 cm³/mol. The van der Waals surface area contributed by atoms with E-state index in [1.54, 1.807) is 42.9 Å². The number of amides is 1. The lowest BCUT2D eigenvalue weighted by Crippen LogP contribution is -2.23. The third-order valence-electron chi connectivity index (χ3n) is 3.53. The summed E-state index contributed by atoms with van der Waals surface area (Å²) in [6.45, 7) is 0.413. The Morgan fingerprint density at radius 2 is 1.88 bits per heavy atom. The molecule has 2 heterocycles. The van der Waals surface area contributed by atoms with Crippen molar-refractivity contribution in [2.45, 2.75) is 6.54 Å². The molecule has 0 spiro atoms. The molecule has 2 N–H and O–H groups in total. The zero-order chi connectivity index (χ0) is 17.5. The van der Waals surface area contributed by atoms with Crippen molar-refractivity contribution < 1.29 is 4.79 Å². The summed E-state index contributed by atoms with van der Waals surface area (Å²) in [5.41, 5.74) is 3.23. The molecular weight excluding hydrogens is 314 g/mol. The number of anilines is 2. The molecule has 0 bridgehead atoms. The van der Waals surface area contributed by atoms with Crippen molar-refractivity contribution in [2.24, 2.45) is 0 Å². The van der Waals surface area contributed by atoms with Gasteiger partial charge < -0.3 is 10.6 Å². The zero-order valence-electron chi connectivity index (χ0n) is 13.3. The summed E-state index contributed by atoms with van der Waals surface area (Å²) in [7, 11) is 0. The largest absolute Gasteiger partial charge is 0.353 e. The molecule has 3 aromatic rings. The summed E-state index contributed by atoms with van der Waals surface area (Å²) in [5, 5.41) is 15.1. The van der Waals surface area contributed by atoms with Crippen LogP contribution >= 0.6 is 0 Å². The second-order valence-corrected chi connectivity index (χ2v) is 5.28. The molecular formula is C19H15N5O. The maximum absolute atomic E-state index is 12.3. The van der Waals surface area contributed by atoms with Gasteiger partial charge in [-0.2, -0.15) is 5.26 Å². The molecule has 2 aromatic heterocycles. The van der Waals surface area contributed by atoms with Gasteiger partial charge in [0.25, 0.3) is 5.91 Å². The Balaban J connectivity index is 1.71. The lowest BCUT2D eigenvalue weighted by molar-refractivity contribution is 0.0950. The lowest BCUT2D eigenvalue weighted by atomic mass is 10.2. The summed E-state index contributed by atoms with van der Waals surface area (Å²) in [6.07, 6.45) is 6.47. The molecule has 0 atom stereocenters. The molecule has 6 heteroatoms. The number of nitriles is 1. The average Bonchev–Trinajstić information content (AvgIpc) is 2.67. The molecule has 0 fully saturated rings. The third kappa shape index (κ3) is 4.18. The molecule has 0 radical (unpaired) electrons. The monoisotopic (exact) mass is 329 g/mol. The fourth-order valence-electron chi connectivity index (χ4n) is 2.26. The van der Waals surface area contributed by atoms with Gasteiger partial charge in [-0.15, -0.1) is 0 Å². The smallest absolute Gasteiger partial charge is 0.253 e. The average molecular weight is 329 g/mol. The molecule has 0 aliphatic heterocycles. The normalized spacial score (nSPS) is 9.88. The highest BCUT2D eigenvalue weighted by Crippen LogP contribution is 2.20. The molecule has 6 nitrogen and oxygen atoms in total. The van der Waals surface area contributed by atoms with E-state index < -0.39 is 0 Å². The van der Waals surface area contributed by atoms with Crippen LogP contribution in [0, 0.1) is 11.3 Å². The van der Waals surface area contributed by atoms with Gasteiger partial charge in [-0.05, 0) is 35.9 Å². The van der Waals surface area contributed by atoms with Crippen LogP contribution in [0.25, 0.3) is 0 Å². The fourth-order valence-corrected chi connectivity index (χ4v) is 2.26. The first-order valence-electron chi connectivity index (χ1n) is 7.64. The van der Waals surface area contributed by atoms with E-state index in [-0.39, 0.29) is 5.91 Å². The van der Waals surface area contributed by atoms with Crippen LogP contribution in [0.1, 0.15) is 21.5 Å². The van der Waals surface area contributed by atoms with E-state index >= 15 is 0 Å². The summed E-state index contributed by atoms with van der Waals surface area (Å²) in [6, 6.07) is 14.7. The van der Waals surface area contributed by atoms with E-state index in [2.05, 4.69) is 26.7 Å². The summed E-state index contributed by atoms with van der Waals surface area (Å²) < 4.78 is 0. The van der Waals surface area contributed by atoms with E-state index in [1.165, 1.54) is 6.20 Å². The minimum atomic E-state index is -0.221. The maximum atomic E-state index is 12.3. The van der Waals surface area contributed by atoms with Crippen LogP contribution in [-0.2, 0) is 6.54 Å². The fraction of sp³-hybridized carbons (Fsp3) is 0.0526. The van der Waals surface area contributed by atoms with Gasteiger partial charge in [-0.1, -0.05) is 12.1 Å². The van der Waals surface area contributed by atoms with E-state index in [9.17, 15) is 4.79 Å². The van der Waals surface area contributed by atoms with Crippen LogP contribution in [0.15, 0.2) is 67.3 Å². The van der Waals surface area contributed by atoms with Gasteiger partial charge in [0.1, 0.15) is 6.07 Å². The van der Waals surface area contributed by atoms with E-state index in [4.69, 9.17) is 5.26 Å². The number of carbonyl (C=O) groups excluding carboxylic acids is 1. The lowest BCUT2D eigenvalue weighted by Gasteiger charge is -2.09. The molecule has 0 saturated heterocycles. The standard InChI is InChI=1S/C19H15N5O/c20-10-15-3-1-2-4-18(15)24-17-9-16(12-22-13-17)19(25)23-11-14-5-7-21-8-6-14/h1-9,12-13,24H,11H2,(H,23,25). The molecule has 0 aliphatic rings. The van der Waals surface area contributed by atoms with Gasteiger partial charge in [-0.25, -0.2) is 0 Å². The number of rotatable bonds is 5. The van der Waals surface area contributed by atoms with Gasteiger partial charge >= 0.3 is 0 Å². The molecule has 1 amide bonds. The van der Waals surface area contributed by atoms with Gasteiger partial charge in [0.05, 0.1) is 28.7 Å². The first kappa shape index (κ1) is 16.1. The number of hydrogen-bond acceptors (Lipinski definition) is 5. The van der Waals surface area contributed by atoms with E-state index in [1.807, 2.05) is 18.2 Å². The second kappa shape index (κ2) is 7.70. The van der Waals surface area contributed by atoms with Crippen molar-refractivity contribution >= 4 is 17.3 Å². The van der Waals surface area contributed by atoms with Crippen LogP contribution < -0.4 is 10.6 Å². The quantitative estimate of drug-likeness (QED) is 0.751. The number of nitrogens with zero attached hydrogens (tertiary/aromatic N) is 3. The Hall–Kier alpha value is -3.72. The highest BCUT2D eigenvalue weighted by molar-refractivity contribution is 5.94. The van der Waals surface area contributed by atoms with Gasteiger partial charge in [0.2, 0.25) is 0 Å². The summed E-state index contributed by atoms with van der Waals surface area (Å²) >= 11 is 0.